The number of nitrogens with one attached hydrogen (secondary N) is 1. The highest BCUT2D eigenvalue weighted by atomic mass is 16.7. The molecule has 11 heteroatoms. The third kappa shape index (κ3) is 13.6. The smallest absolute Gasteiger partial charge is 0.506 e. The van der Waals surface area contributed by atoms with E-state index in [1.54, 1.807) is 89.8 Å². The first kappa shape index (κ1) is 46.8. The van der Waals surface area contributed by atoms with Crippen LogP contribution in [-0.4, -0.2) is 50.0 Å². The van der Waals surface area contributed by atoms with Gasteiger partial charge in [0.15, 0.2) is 0 Å². The van der Waals surface area contributed by atoms with Crippen molar-refractivity contribution in [3.05, 3.63) is 114 Å². The number of para-hydroxylation sites is 2. The molecule has 0 heterocycles. The van der Waals surface area contributed by atoms with Gasteiger partial charge >= 0.3 is 12.2 Å². The average molecular weight is 846 g/mol. The van der Waals surface area contributed by atoms with Crippen LogP contribution in [0.1, 0.15) is 114 Å². The first-order valence-corrected chi connectivity index (χ1v) is 22.2. The maximum absolute atomic E-state index is 14.1. The highest BCUT2D eigenvalue weighted by Crippen LogP contribution is 2.36. The number of methoxy groups -OCH3 is 1. The van der Waals surface area contributed by atoms with Gasteiger partial charge in [0.05, 0.1) is 24.0 Å². The largest absolute Gasteiger partial charge is 0.514 e. The molecule has 2 N–H and O–H groups in total. The Bertz CT molecular complexity index is 2170. The summed E-state index contributed by atoms with van der Waals surface area (Å²) in [7, 11) is 1.52. The van der Waals surface area contributed by atoms with E-state index < -0.39 is 18.2 Å². The van der Waals surface area contributed by atoms with Gasteiger partial charge in [-0.1, -0.05) is 120 Å². The molecule has 0 unspecified atom stereocenters. The minimum absolute atomic E-state index is 0.0337. The Morgan fingerprint density at radius 2 is 1.24 bits per heavy atom. The maximum Gasteiger partial charge on any atom is 0.514 e. The molecule has 0 saturated heterocycles. The van der Waals surface area contributed by atoms with Crippen molar-refractivity contribution in [2.24, 2.45) is 0 Å². The number of aromatic hydroxyl groups is 1. The van der Waals surface area contributed by atoms with Crippen LogP contribution < -0.4 is 29.3 Å². The molecular formula is C51H63N3O8. The lowest BCUT2D eigenvalue weighted by atomic mass is 10.0. The van der Waals surface area contributed by atoms with Crippen molar-refractivity contribution in [1.29, 1.82) is 0 Å². The quantitative estimate of drug-likeness (QED) is 0.0354. The van der Waals surface area contributed by atoms with E-state index in [2.05, 4.69) is 31.0 Å². The Hall–Kier alpha value is -6.23. The van der Waals surface area contributed by atoms with E-state index >= 15 is 0 Å². The van der Waals surface area contributed by atoms with Gasteiger partial charge in [-0.2, -0.15) is 0 Å². The molecule has 0 fully saturated rings. The number of phenols is 1. The zero-order valence-corrected chi connectivity index (χ0v) is 36.8. The molecule has 5 aromatic carbocycles. The molecule has 62 heavy (non-hydrogen) atoms. The number of amides is 2. The number of hydrogen-bond acceptors (Lipinski definition) is 9. The van der Waals surface area contributed by atoms with E-state index in [9.17, 15) is 19.5 Å². The SMILES string of the molecule is CCCCCCCCCCCCCCN(C(=O)Oc1ccc(COC(=O)Oc2ccc(N(CC)CC)cc2)cc1)c1cccc2c(O)c(C(=O)Nc3ccccc3OC)ccc12. The van der Waals surface area contributed by atoms with Crippen molar-refractivity contribution < 1.29 is 38.4 Å². The molecule has 0 atom stereocenters. The van der Waals surface area contributed by atoms with Crippen LogP contribution >= 0.6 is 0 Å². The normalized spacial score (nSPS) is 10.9. The van der Waals surface area contributed by atoms with Crippen LogP contribution in [0.4, 0.5) is 26.7 Å². The van der Waals surface area contributed by atoms with Crippen molar-refractivity contribution >= 4 is 46.0 Å². The molecule has 0 aliphatic rings. The number of fused-ring (bicyclic) bond motifs is 1. The second-order valence-corrected chi connectivity index (χ2v) is 15.3. The molecule has 0 spiro atoms. The number of carbonyl (C=O) groups is 3. The molecule has 0 aliphatic heterocycles. The number of anilines is 3. The van der Waals surface area contributed by atoms with Crippen LogP contribution in [0.25, 0.3) is 10.8 Å². The molecule has 0 aromatic heterocycles. The maximum atomic E-state index is 14.1. The number of hydrogen-bond donors (Lipinski definition) is 2. The topological polar surface area (TPSA) is 127 Å². The lowest BCUT2D eigenvalue weighted by Crippen LogP contribution is -2.34. The highest BCUT2D eigenvalue weighted by Gasteiger charge is 2.23. The van der Waals surface area contributed by atoms with Crippen LogP contribution in [0, 0.1) is 0 Å². The number of ether oxygens (including phenoxy) is 4. The molecule has 330 valence electrons. The predicted molar refractivity (Wildman–Crippen MR) is 248 cm³/mol. The zero-order chi connectivity index (χ0) is 44.1. The molecule has 5 rings (SSSR count). The number of phenolic OH excluding ortho intramolecular Hbond substituents is 1. The van der Waals surface area contributed by atoms with Gasteiger partial charge in [-0.25, -0.2) is 9.59 Å². The Labute approximate surface area is 366 Å². The van der Waals surface area contributed by atoms with Crippen molar-refractivity contribution in [2.75, 3.05) is 41.9 Å². The van der Waals surface area contributed by atoms with Gasteiger partial charge in [0.2, 0.25) is 0 Å². The Balaban J connectivity index is 1.24. The van der Waals surface area contributed by atoms with Crippen LogP contribution in [0.3, 0.4) is 0 Å². The molecule has 2 amide bonds. The number of rotatable bonds is 24. The first-order chi connectivity index (χ1) is 30.3. The van der Waals surface area contributed by atoms with E-state index in [4.69, 9.17) is 18.9 Å². The standard InChI is InChI=1S/C51H63N3O8/c1-5-8-9-10-11-12-13-14-15-16-17-20-36-54(46-24-21-22-43-42(46)34-35-44(48(43)55)49(56)52-45-23-18-19-25-47(45)59-4)50(57)61-40-30-26-38(27-31-40)37-60-51(58)62-41-32-28-39(29-33-41)53(6-2)7-3/h18-19,21-35,55H,5-17,20,36-37H2,1-4H3,(H,52,56). The van der Waals surface area contributed by atoms with Gasteiger partial charge in [0.1, 0.15) is 29.6 Å². The van der Waals surface area contributed by atoms with Gasteiger partial charge in [0, 0.05) is 36.1 Å². The molecule has 0 radical (unpaired) electrons. The van der Waals surface area contributed by atoms with Gasteiger partial charge in [-0.15, -0.1) is 0 Å². The van der Waals surface area contributed by atoms with Crippen LogP contribution in [0.2, 0.25) is 0 Å². The summed E-state index contributed by atoms with van der Waals surface area (Å²) in [4.78, 5) is 43.7. The summed E-state index contributed by atoms with van der Waals surface area (Å²) in [5, 5.41) is 15.3. The summed E-state index contributed by atoms with van der Waals surface area (Å²) < 4.78 is 22.0. The summed E-state index contributed by atoms with van der Waals surface area (Å²) in [6.45, 7) is 8.52. The zero-order valence-electron chi connectivity index (χ0n) is 36.8. The van der Waals surface area contributed by atoms with Gasteiger partial charge in [0.25, 0.3) is 5.91 Å². The Morgan fingerprint density at radius 3 is 1.89 bits per heavy atom. The van der Waals surface area contributed by atoms with Gasteiger partial charge in [-0.05, 0) is 86.5 Å². The van der Waals surface area contributed by atoms with Gasteiger partial charge < -0.3 is 34.3 Å². The molecular weight excluding hydrogens is 783 g/mol. The fourth-order valence-electron chi connectivity index (χ4n) is 7.49. The second kappa shape index (κ2) is 24.9. The van der Waals surface area contributed by atoms with Crippen LogP contribution in [0.15, 0.2) is 103 Å². The van der Waals surface area contributed by atoms with Gasteiger partial charge in [-0.3, -0.25) is 9.69 Å². The third-order valence-electron chi connectivity index (χ3n) is 11.0. The Morgan fingerprint density at radius 1 is 0.629 bits per heavy atom. The monoisotopic (exact) mass is 845 g/mol. The number of carbonyl (C=O) groups excluding carboxylic acids is 3. The van der Waals surface area contributed by atoms with Crippen LogP contribution in [-0.2, 0) is 11.3 Å². The van der Waals surface area contributed by atoms with Crippen molar-refractivity contribution in [3.8, 4) is 23.0 Å². The summed E-state index contributed by atoms with van der Waals surface area (Å²) in [6, 6.07) is 29.7. The summed E-state index contributed by atoms with van der Waals surface area (Å²) in [5.41, 5.74) is 2.83. The molecule has 11 nitrogen and oxygen atoms in total. The Kier molecular flexibility index (Phi) is 18.8. The highest BCUT2D eigenvalue weighted by molar-refractivity contribution is 6.12. The van der Waals surface area contributed by atoms with E-state index in [-0.39, 0.29) is 17.9 Å². The van der Waals surface area contributed by atoms with E-state index in [0.29, 0.717) is 51.5 Å². The molecule has 0 bridgehead atoms. The number of benzene rings is 5. The molecule has 5 aromatic rings. The third-order valence-corrected chi connectivity index (χ3v) is 11.0. The fourth-order valence-corrected chi connectivity index (χ4v) is 7.49. The van der Waals surface area contributed by atoms with E-state index in [1.807, 2.05) is 18.2 Å². The molecule has 0 saturated carbocycles. The van der Waals surface area contributed by atoms with Crippen LogP contribution in [0.5, 0.6) is 23.0 Å². The lowest BCUT2D eigenvalue weighted by molar-refractivity contribution is 0.0927. The predicted octanol–water partition coefficient (Wildman–Crippen LogP) is 13.1. The summed E-state index contributed by atoms with van der Waals surface area (Å²) in [5.74, 6) is 0.487. The minimum atomic E-state index is -0.824. The van der Waals surface area contributed by atoms with E-state index in [0.717, 1.165) is 44.5 Å². The average Bonchev–Trinajstić information content (AvgIpc) is 3.29. The number of unbranched alkanes of at least 4 members (excludes halogenated alkanes) is 11. The van der Waals surface area contributed by atoms with E-state index in [1.165, 1.54) is 58.5 Å². The lowest BCUT2D eigenvalue weighted by Gasteiger charge is -2.24. The summed E-state index contributed by atoms with van der Waals surface area (Å²) >= 11 is 0. The van der Waals surface area contributed by atoms with Crippen molar-refractivity contribution in [1.82, 2.24) is 0 Å². The fraction of sp³-hybridized carbons (Fsp3) is 0.392. The van der Waals surface area contributed by atoms with Crippen molar-refractivity contribution in [3.63, 3.8) is 0 Å². The second-order valence-electron chi connectivity index (χ2n) is 15.3. The minimum Gasteiger partial charge on any atom is -0.506 e. The summed E-state index contributed by atoms with van der Waals surface area (Å²) in [6.07, 6.45) is 12.8. The number of nitrogens with zero attached hydrogens (tertiary/aromatic N) is 2. The molecule has 0 aliphatic carbocycles. The van der Waals surface area contributed by atoms with Crippen molar-refractivity contribution in [2.45, 2.75) is 104 Å². The first-order valence-electron chi connectivity index (χ1n) is 22.2.